The maximum absolute atomic E-state index is 11.5. The molecule has 18 heavy (non-hydrogen) atoms. The van der Waals surface area contributed by atoms with Crippen molar-refractivity contribution in [3.05, 3.63) is 24.3 Å². The number of carbonyl (C=O) groups excluding carboxylic acids is 2. The summed E-state index contributed by atoms with van der Waals surface area (Å²) in [6.07, 6.45) is -1.08. The Bertz CT molecular complexity index is 343. The number of esters is 2. The van der Waals surface area contributed by atoms with Crippen LogP contribution in [0, 0.1) is 0 Å². The van der Waals surface area contributed by atoms with Gasteiger partial charge in [0.05, 0.1) is 6.10 Å². The van der Waals surface area contributed by atoms with E-state index in [4.69, 9.17) is 14.6 Å². The first-order chi connectivity index (χ1) is 8.23. The summed E-state index contributed by atoms with van der Waals surface area (Å²) in [6.45, 7) is 11.6. The quantitative estimate of drug-likeness (QED) is 0.550. The molecular formula is C13H20O5. The number of hydrogen-bond donors (Lipinski definition) is 1. The van der Waals surface area contributed by atoms with E-state index < -0.39 is 24.1 Å². The molecule has 0 radical (unpaired) electrons. The highest BCUT2D eigenvalue weighted by Crippen LogP contribution is 2.07. The molecular weight excluding hydrogens is 236 g/mol. The third-order valence-electron chi connectivity index (χ3n) is 1.94. The van der Waals surface area contributed by atoms with E-state index in [0.717, 1.165) is 0 Å². The van der Waals surface area contributed by atoms with Gasteiger partial charge < -0.3 is 14.6 Å². The summed E-state index contributed by atoms with van der Waals surface area (Å²) in [7, 11) is 0. The van der Waals surface area contributed by atoms with E-state index >= 15 is 0 Å². The number of carbonyl (C=O) groups is 2. The van der Waals surface area contributed by atoms with Crippen molar-refractivity contribution in [3.63, 3.8) is 0 Å². The van der Waals surface area contributed by atoms with Crippen LogP contribution in [0.1, 0.15) is 27.2 Å². The van der Waals surface area contributed by atoms with Crippen molar-refractivity contribution in [1.29, 1.82) is 0 Å². The fourth-order valence-electron chi connectivity index (χ4n) is 1.06. The normalized spacial score (nSPS) is 13.3. The van der Waals surface area contributed by atoms with Gasteiger partial charge in [-0.3, -0.25) is 0 Å². The second-order valence-electron chi connectivity index (χ2n) is 4.25. The lowest BCUT2D eigenvalue weighted by atomic mass is 10.1. The summed E-state index contributed by atoms with van der Waals surface area (Å²) in [5.74, 6) is -1.13. The van der Waals surface area contributed by atoms with E-state index in [0.29, 0.717) is 0 Å². The van der Waals surface area contributed by atoms with Crippen LogP contribution in [0.5, 0.6) is 0 Å². The zero-order valence-corrected chi connectivity index (χ0v) is 11.1. The number of ether oxygens (including phenoxy) is 2. The molecule has 0 saturated carbocycles. The summed E-state index contributed by atoms with van der Waals surface area (Å²) in [6, 6.07) is 0. The van der Waals surface area contributed by atoms with Gasteiger partial charge in [-0.2, -0.15) is 0 Å². The highest BCUT2D eigenvalue weighted by Gasteiger charge is 2.16. The van der Waals surface area contributed by atoms with Gasteiger partial charge in [0.1, 0.15) is 12.7 Å². The van der Waals surface area contributed by atoms with Crippen molar-refractivity contribution in [3.8, 4) is 0 Å². The fraction of sp³-hybridized carbons (Fsp3) is 0.538. The molecule has 2 atom stereocenters. The van der Waals surface area contributed by atoms with Gasteiger partial charge in [0.2, 0.25) is 0 Å². The molecule has 2 unspecified atom stereocenters. The van der Waals surface area contributed by atoms with E-state index in [2.05, 4.69) is 13.2 Å². The summed E-state index contributed by atoms with van der Waals surface area (Å²) in [4.78, 5) is 22.6. The van der Waals surface area contributed by atoms with Crippen LogP contribution in [0.2, 0.25) is 0 Å². The smallest absolute Gasteiger partial charge is 0.333 e. The maximum Gasteiger partial charge on any atom is 0.333 e. The Kier molecular flexibility index (Phi) is 6.97. The van der Waals surface area contributed by atoms with Crippen molar-refractivity contribution in [2.24, 2.45) is 0 Å². The van der Waals surface area contributed by atoms with Gasteiger partial charge in [0.25, 0.3) is 0 Å². The van der Waals surface area contributed by atoms with Gasteiger partial charge in [0.15, 0.2) is 0 Å². The number of aliphatic hydroxyl groups is 1. The highest BCUT2D eigenvalue weighted by atomic mass is 16.6. The molecule has 0 heterocycles. The van der Waals surface area contributed by atoms with Gasteiger partial charge in [0, 0.05) is 17.6 Å². The minimum absolute atomic E-state index is 0.0423. The second kappa shape index (κ2) is 7.66. The van der Waals surface area contributed by atoms with Crippen molar-refractivity contribution >= 4 is 11.9 Å². The molecule has 0 aliphatic rings. The molecule has 1 N–H and O–H groups in total. The van der Waals surface area contributed by atoms with Gasteiger partial charge in [-0.25, -0.2) is 9.59 Å². The van der Waals surface area contributed by atoms with Gasteiger partial charge >= 0.3 is 11.9 Å². The maximum atomic E-state index is 11.5. The van der Waals surface area contributed by atoms with E-state index in [1.165, 1.54) is 6.92 Å². The van der Waals surface area contributed by atoms with Gasteiger partial charge in [-0.05, 0) is 20.8 Å². The second-order valence-corrected chi connectivity index (χ2v) is 4.25. The lowest BCUT2D eigenvalue weighted by Gasteiger charge is -2.15. The van der Waals surface area contributed by atoms with E-state index in [9.17, 15) is 9.59 Å². The predicted octanol–water partition coefficient (Wildman–Crippen LogP) is 1.36. The molecule has 0 bridgehead atoms. The SMILES string of the molecule is C=C(C)C(=O)OCC(C)OC(=O)C(=C)CC(C)O. The predicted molar refractivity (Wildman–Crippen MR) is 66.8 cm³/mol. The molecule has 102 valence electrons. The Morgan fingerprint density at radius 3 is 2.22 bits per heavy atom. The molecule has 5 heteroatoms. The fourth-order valence-corrected chi connectivity index (χ4v) is 1.06. The Labute approximate surface area is 107 Å². The van der Waals surface area contributed by atoms with Crippen LogP contribution in [-0.2, 0) is 19.1 Å². The molecule has 0 rings (SSSR count). The first-order valence-electron chi connectivity index (χ1n) is 5.63. The van der Waals surface area contributed by atoms with Crippen LogP contribution < -0.4 is 0 Å². The first-order valence-corrected chi connectivity index (χ1v) is 5.63. The molecule has 0 spiro atoms. The summed E-state index contributed by atoms with van der Waals surface area (Å²) in [5.41, 5.74) is 0.468. The van der Waals surface area contributed by atoms with Crippen LogP contribution in [0.15, 0.2) is 24.3 Å². The topological polar surface area (TPSA) is 72.8 Å². The van der Waals surface area contributed by atoms with Crippen LogP contribution in [0.4, 0.5) is 0 Å². The summed E-state index contributed by atoms with van der Waals surface area (Å²) in [5, 5.41) is 9.10. The van der Waals surface area contributed by atoms with Crippen molar-refractivity contribution in [2.45, 2.75) is 39.4 Å². The molecule has 0 saturated heterocycles. The molecule has 0 aromatic carbocycles. The third kappa shape index (κ3) is 6.85. The van der Waals surface area contributed by atoms with E-state index in [-0.39, 0.29) is 24.2 Å². The van der Waals surface area contributed by atoms with Crippen LogP contribution in [0.3, 0.4) is 0 Å². The third-order valence-corrected chi connectivity index (χ3v) is 1.94. The van der Waals surface area contributed by atoms with Crippen LogP contribution in [0.25, 0.3) is 0 Å². The molecule has 0 aliphatic carbocycles. The van der Waals surface area contributed by atoms with Crippen LogP contribution >= 0.6 is 0 Å². The highest BCUT2D eigenvalue weighted by molar-refractivity contribution is 5.88. The largest absolute Gasteiger partial charge is 0.458 e. The minimum Gasteiger partial charge on any atom is -0.458 e. The average Bonchev–Trinajstić information content (AvgIpc) is 2.24. The summed E-state index contributed by atoms with van der Waals surface area (Å²) >= 11 is 0. The first kappa shape index (κ1) is 16.4. The number of aliphatic hydroxyl groups excluding tert-OH is 1. The molecule has 0 fully saturated rings. The zero-order valence-electron chi connectivity index (χ0n) is 11.1. The zero-order chi connectivity index (χ0) is 14.3. The van der Waals surface area contributed by atoms with Crippen molar-refractivity contribution in [1.82, 2.24) is 0 Å². The Balaban J connectivity index is 4.05. The lowest BCUT2D eigenvalue weighted by molar-refractivity contribution is -0.153. The van der Waals surface area contributed by atoms with E-state index in [1.54, 1.807) is 13.8 Å². The number of hydrogen-bond acceptors (Lipinski definition) is 5. The molecule has 5 nitrogen and oxygen atoms in total. The Morgan fingerprint density at radius 1 is 1.22 bits per heavy atom. The minimum atomic E-state index is -0.651. The molecule has 0 aromatic rings. The van der Waals surface area contributed by atoms with Gasteiger partial charge in [-0.15, -0.1) is 0 Å². The number of rotatable bonds is 7. The Hall–Kier alpha value is -1.62. The molecule has 0 amide bonds. The Morgan fingerprint density at radius 2 is 1.78 bits per heavy atom. The average molecular weight is 256 g/mol. The van der Waals surface area contributed by atoms with Crippen molar-refractivity contribution in [2.75, 3.05) is 6.61 Å². The molecule has 0 aromatic heterocycles. The monoisotopic (exact) mass is 256 g/mol. The van der Waals surface area contributed by atoms with Gasteiger partial charge in [-0.1, -0.05) is 13.2 Å². The lowest BCUT2D eigenvalue weighted by Crippen LogP contribution is -2.24. The molecule has 0 aliphatic heterocycles. The summed E-state index contributed by atoms with van der Waals surface area (Å²) < 4.78 is 9.82. The van der Waals surface area contributed by atoms with E-state index in [1.807, 2.05) is 0 Å². The van der Waals surface area contributed by atoms with Crippen LogP contribution in [-0.4, -0.2) is 35.9 Å². The standard InChI is InChI=1S/C13H20O5/c1-8(2)12(15)17-7-11(5)18-13(16)9(3)6-10(4)14/h10-11,14H,1,3,6-7H2,2,4-5H3. The van der Waals surface area contributed by atoms with Crippen molar-refractivity contribution < 1.29 is 24.2 Å².